The quantitative estimate of drug-likeness (QED) is 0.0331. The Kier molecular flexibility index (Phi) is 30.9. The fraction of sp³-hybridized carbons (Fsp3) is 0.558. The molecule has 286 valence electrons. The zero-order valence-corrected chi connectivity index (χ0v) is 32.3. The largest absolute Gasteiger partial charge is 0.477 e. The van der Waals surface area contributed by atoms with E-state index >= 15 is 0 Å². The van der Waals surface area contributed by atoms with Crippen LogP contribution in [0.25, 0.3) is 0 Å². The summed E-state index contributed by atoms with van der Waals surface area (Å²) in [5, 5.41) is 9.56. The van der Waals surface area contributed by atoms with Gasteiger partial charge in [-0.25, -0.2) is 4.79 Å². The highest BCUT2D eigenvalue weighted by Crippen LogP contribution is 2.10. The minimum absolute atomic E-state index is 0.0132. The standard InChI is InChI=1S/C43H67NO7/c1-6-8-10-12-14-15-16-17-18-19-20-21-22-23-24-25-26-28-30-32-34-42(46)51-39(37-49-36-35-40(43(47)48)44(3,4)5)38-50-41(45)33-31-29-27-13-11-9-7-2/h8-11,14-15,17-18,20-21,23-24,26-29,39-40H,6-7,12-13,16,19,22,25,30-38H2,1-5H3/p+1/b10-8+,11-9+,15-14+,18-17+,21-20+,24-23+,28-26+,29-27+. The SMILES string of the molecule is CC/C=C/C/C=C/C/C=C/C/C=C/C/C=C/C/C=C/CCCC(=O)OC(COCCC(C(=O)O)[N+](C)(C)C)COC(=O)CC/C=C/C/C=C/CC. The number of carbonyl (C=O) groups is 3. The lowest BCUT2D eigenvalue weighted by Crippen LogP contribution is -2.50. The van der Waals surface area contributed by atoms with E-state index in [2.05, 4.69) is 98.9 Å². The van der Waals surface area contributed by atoms with Crippen molar-refractivity contribution in [2.24, 2.45) is 0 Å². The average molecular weight is 711 g/mol. The first-order valence-electron chi connectivity index (χ1n) is 18.8. The molecule has 0 spiro atoms. The van der Waals surface area contributed by atoms with Gasteiger partial charge in [0.25, 0.3) is 0 Å². The molecule has 8 heteroatoms. The van der Waals surface area contributed by atoms with E-state index in [0.717, 1.165) is 57.8 Å². The van der Waals surface area contributed by atoms with E-state index in [1.807, 2.05) is 33.3 Å². The Morgan fingerprint density at radius 1 is 0.588 bits per heavy atom. The molecule has 51 heavy (non-hydrogen) atoms. The predicted molar refractivity (Wildman–Crippen MR) is 210 cm³/mol. The molecule has 0 rings (SSSR count). The van der Waals surface area contributed by atoms with Gasteiger partial charge in [-0.05, 0) is 70.6 Å². The van der Waals surface area contributed by atoms with Crippen molar-refractivity contribution in [3.63, 3.8) is 0 Å². The summed E-state index contributed by atoms with van der Waals surface area (Å²) in [6.07, 6.45) is 43.6. The number of carboxylic acids is 1. The van der Waals surface area contributed by atoms with Crippen molar-refractivity contribution in [3.8, 4) is 0 Å². The lowest BCUT2D eigenvalue weighted by atomic mass is 10.1. The van der Waals surface area contributed by atoms with E-state index in [1.165, 1.54) is 0 Å². The molecule has 8 nitrogen and oxygen atoms in total. The van der Waals surface area contributed by atoms with E-state index in [4.69, 9.17) is 14.2 Å². The van der Waals surface area contributed by atoms with Crippen LogP contribution in [-0.4, -0.2) is 80.6 Å². The van der Waals surface area contributed by atoms with Gasteiger partial charge in [0.1, 0.15) is 6.61 Å². The zero-order valence-electron chi connectivity index (χ0n) is 32.3. The van der Waals surface area contributed by atoms with E-state index in [9.17, 15) is 19.5 Å². The Morgan fingerprint density at radius 3 is 1.49 bits per heavy atom. The number of ether oxygens (including phenoxy) is 3. The number of likely N-dealkylation sites (N-methyl/N-ethyl adjacent to an activating group) is 1. The van der Waals surface area contributed by atoms with Gasteiger partial charge in [-0.15, -0.1) is 0 Å². The average Bonchev–Trinajstić information content (AvgIpc) is 3.08. The third-order valence-electron chi connectivity index (χ3n) is 7.49. The van der Waals surface area contributed by atoms with Crippen LogP contribution in [0.15, 0.2) is 97.2 Å². The summed E-state index contributed by atoms with van der Waals surface area (Å²) in [6, 6.07) is -0.636. The molecule has 0 aromatic carbocycles. The van der Waals surface area contributed by atoms with Crippen LogP contribution in [0.1, 0.15) is 104 Å². The molecule has 0 heterocycles. The van der Waals surface area contributed by atoms with E-state index in [-0.39, 0.29) is 49.1 Å². The van der Waals surface area contributed by atoms with Crippen LogP contribution in [0, 0.1) is 0 Å². The summed E-state index contributed by atoms with van der Waals surface area (Å²) in [6.45, 7) is 4.30. The van der Waals surface area contributed by atoms with Crippen molar-refractivity contribution in [3.05, 3.63) is 97.2 Å². The summed E-state index contributed by atoms with van der Waals surface area (Å²) in [5.41, 5.74) is 0. The first-order chi connectivity index (χ1) is 24.6. The number of hydrogen-bond acceptors (Lipinski definition) is 6. The molecular weight excluding hydrogens is 642 g/mol. The number of aliphatic carboxylic acids is 1. The summed E-state index contributed by atoms with van der Waals surface area (Å²) in [5.74, 6) is -1.66. The topological polar surface area (TPSA) is 99.1 Å². The molecule has 0 amide bonds. The molecule has 0 saturated carbocycles. The number of carbonyl (C=O) groups excluding carboxylic acids is 2. The van der Waals surface area contributed by atoms with E-state index in [0.29, 0.717) is 19.3 Å². The van der Waals surface area contributed by atoms with Crippen molar-refractivity contribution >= 4 is 17.9 Å². The summed E-state index contributed by atoms with van der Waals surface area (Å²) < 4.78 is 17.0. The predicted octanol–water partition coefficient (Wildman–Crippen LogP) is 9.57. The highest BCUT2D eigenvalue weighted by Gasteiger charge is 2.31. The highest BCUT2D eigenvalue weighted by atomic mass is 16.6. The monoisotopic (exact) mass is 710 g/mol. The zero-order chi connectivity index (χ0) is 37.8. The van der Waals surface area contributed by atoms with Crippen LogP contribution in [0.4, 0.5) is 0 Å². The summed E-state index contributed by atoms with van der Waals surface area (Å²) >= 11 is 0. The normalized spacial score (nSPS) is 14.1. The second kappa shape index (κ2) is 33.4. The lowest BCUT2D eigenvalue weighted by molar-refractivity contribution is -0.887. The second-order valence-electron chi connectivity index (χ2n) is 13.1. The number of hydrogen-bond donors (Lipinski definition) is 1. The van der Waals surface area contributed by atoms with Crippen LogP contribution in [0.2, 0.25) is 0 Å². The summed E-state index contributed by atoms with van der Waals surface area (Å²) in [7, 11) is 5.46. The fourth-order valence-corrected chi connectivity index (χ4v) is 4.63. The third kappa shape index (κ3) is 31.9. The molecule has 0 aromatic heterocycles. The molecule has 0 aliphatic heterocycles. The van der Waals surface area contributed by atoms with Crippen molar-refractivity contribution in [1.29, 1.82) is 0 Å². The van der Waals surface area contributed by atoms with Crippen LogP contribution in [0.5, 0.6) is 0 Å². The van der Waals surface area contributed by atoms with Gasteiger partial charge in [-0.2, -0.15) is 0 Å². The first kappa shape index (κ1) is 47.2. The number of nitrogens with zero attached hydrogens (tertiary/aromatic N) is 1. The summed E-state index contributed by atoms with van der Waals surface area (Å²) in [4.78, 5) is 36.6. The van der Waals surface area contributed by atoms with Crippen LogP contribution in [0.3, 0.4) is 0 Å². The number of rotatable bonds is 31. The van der Waals surface area contributed by atoms with Crippen molar-refractivity contribution < 1.29 is 38.2 Å². The van der Waals surface area contributed by atoms with Gasteiger partial charge in [0.2, 0.25) is 0 Å². The van der Waals surface area contributed by atoms with Gasteiger partial charge >= 0.3 is 17.9 Å². The van der Waals surface area contributed by atoms with Gasteiger partial charge in [0.05, 0.1) is 34.4 Å². The fourth-order valence-electron chi connectivity index (χ4n) is 4.63. The number of allylic oxidation sites excluding steroid dienone is 16. The molecule has 0 bridgehead atoms. The number of unbranched alkanes of at least 4 members (excludes halogenated alkanes) is 1. The maximum Gasteiger partial charge on any atom is 0.362 e. The Balaban J connectivity index is 4.52. The molecule has 1 N–H and O–H groups in total. The smallest absolute Gasteiger partial charge is 0.362 e. The minimum Gasteiger partial charge on any atom is -0.477 e. The molecule has 0 saturated heterocycles. The number of quaternary nitrogens is 1. The lowest BCUT2D eigenvalue weighted by Gasteiger charge is -2.31. The van der Waals surface area contributed by atoms with Gasteiger partial charge in [0, 0.05) is 19.3 Å². The maximum absolute atomic E-state index is 12.6. The maximum atomic E-state index is 12.6. The Morgan fingerprint density at radius 2 is 1.04 bits per heavy atom. The van der Waals surface area contributed by atoms with E-state index in [1.54, 1.807) is 0 Å². The van der Waals surface area contributed by atoms with Crippen molar-refractivity contribution in [1.82, 2.24) is 0 Å². The third-order valence-corrected chi connectivity index (χ3v) is 7.49. The first-order valence-corrected chi connectivity index (χ1v) is 18.8. The van der Waals surface area contributed by atoms with Gasteiger partial charge in [-0.3, -0.25) is 9.59 Å². The molecule has 2 atom stereocenters. The number of esters is 2. The molecule has 0 aliphatic rings. The van der Waals surface area contributed by atoms with E-state index < -0.39 is 18.1 Å². The van der Waals surface area contributed by atoms with Crippen LogP contribution < -0.4 is 0 Å². The number of carboxylic acid groups (broad SMARTS) is 1. The van der Waals surface area contributed by atoms with Crippen molar-refractivity contribution in [2.45, 2.75) is 116 Å². The molecular formula is C43H68NO7+. The second-order valence-corrected chi connectivity index (χ2v) is 13.1. The Bertz CT molecular complexity index is 1150. The van der Waals surface area contributed by atoms with Gasteiger partial charge in [0.15, 0.2) is 12.1 Å². The van der Waals surface area contributed by atoms with Gasteiger partial charge < -0.3 is 23.8 Å². The molecule has 0 radical (unpaired) electrons. The molecule has 0 fully saturated rings. The van der Waals surface area contributed by atoms with Crippen molar-refractivity contribution in [2.75, 3.05) is 41.0 Å². The molecule has 0 aromatic rings. The van der Waals surface area contributed by atoms with Gasteiger partial charge in [-0.1, -0.05) is 111 Å². The Labute approximate surface area is 309 Å². The molecule has 0 aliphatic carbocycles. The van der Waals surface area contributed by atoms with Crippen LogP contribution >= 0.6 is 0 Å². The minimum atomic E-state index is -0.898. The molecule has 2 unspecified atom stereocenters. The van der Waals surface area contributed by atoms with Crippen LogP contribution in [-0.2, 0) is 28.6 Å². The Hall–Kier alpha value is -3.75. The highest BCUT2D eigenvalue weighted by molar-refractivity contribution is 5.72.